The maximum atomic E-state index is 11.1. The van der Waals surface area contributed by atoms with E-state index in [1.165, 1.54) is 75.6 Å². The molecule has 166 valence electrons. The summed E-state index contributed by atoms with van der Waals surface area (Å²) in [5.74, 6) is 0.834. The van der Waals surface area contributed by atoms with Crippen molar-refractivity contribution in [3.63, 3.8) is 0 Å². The van der Waals surface area contributed by atoms with Crippen molar-refractivity contribution in [2.24, 2.45) is 0 Å². The van der Waals surface area contributed by atoms with Gasteiger partial charge < -0.3 is 9.84 Å². The maximum absolute atomic E-state index is 11.1. The van der Waals surface area contributed by atoms with Gasteiger partial charge in [0.15, 0.2) is 11.5 Å². The molecule has 0 aromatic heterocycles. The lowest BCUT2D eigenvalue weighted by molar-refractivity contribution is 0.405. The number of aromatic hydroxyl groups is 1. The number of phenols is 1. The molecule has 6 heteroatoms. The van der Waals surface area contributed by atoms with Crippen molar-refractivity contribution in [1.29, 1.82) is 0 Å². The van der Waals surface area contributed by atoms with E-state index in [9.17, 15) is 13.5 Å². The average molecular weight is 435 g/mol. The van der Waals surface area contributed by atoms with Crippen LogP contribution < -0.4 is 4.74 Å². The van der Waals surface area contributed by atoms with Gasteiger partial charge >= 0.3 is 0 Å². The smallest absolute Gasteiger partial charge is 0.294 e. The fourth-order valence-corrected chi connectivity index (χ4v) is 3.94. The monoisotopic (exact) mass is 434 g/mol. The highest BCUT2D eigenvalue weighted by Gasteiger charge is 2.11. The summed E-state index contributed by atoms with van der Waals surface area (Å²) >= 11 is 0. The van der Waals surface area contributed by atoms with E-state index in [-0.39, 0.29) is 10.6 Å². The minimum Gasteiger partial charge on any atom is -0.504 e. The largest absolute Gasteiger partial charge is 0.504 e. The Hall–Kier alpha value is -2.05. The normalized spacial score (nSPS) is 11.5. The van der Waals surface area contributed by atoms with Crippen LogP contribution in [0, 0.1) is 0 Å². The number of unbranched alkanes of at least 4 members (excludes halogenated alkanes) is 9. The van der Waals surface area contributed by atoms with Gasteiger partial charge in [0.1, 0.15) is 5.75 Å². The van der Waals surface area contributed by atoms with E-state index in [1.54, 1.807) is 6.07 Å². The van der Waals surface area contributed by atoms with Crippen LogP contribution in [0.25, 0.3) is 0 Å². The van der Waals surface area contributed by atoms with Gasteiger partial charge in [0.25, 0.3) is 10.1 Å². The van der Waals surface area contributed by atoms with Crippen LogP contribution in [0.4, 0.5) is 0 Å². The lowest BCUT2D eigenvalue weighted by Crippen LogP contribution is -1.97. The summed E-state index contributed by atoms with van der Waals surface area (Å²) in [5.41, 5.74) is 0.849. The third-order valence-corrected chi connectivity index (χ3v) is 6.10. The van der Waals surface area contributed by atoms with Crippen molar-refractivity contribution in [1.82, 2.24) is 0 Å². The quantitative estimate of drug-likeness (QED) is 0.250. The number of hydrogen-bond donors (Lipinski definition) is 2. The van der Waals surface area contributed by atoms with E-state index >= 15 is 0 Å². The standard InChI is InChI=1S/C24H34O5S/c1-2-3-4-5-6-7-8-9-10-11-13-20-14-12-15-23(24(20)25)29-21-16-18-22(19-17-21)30(26,27)28/h12,14-19,25H,2-11,13H2,1H3,(H,26,27,28). The van der Waals surface area contributed by atoms with E-state index in [4.69, 9.17) is 9.29 Å². The number of hydrogen-bond acceptors (Lipinski definition) is 4. The number of benzene rings is 2. The average Bonchev–Trinajstić information content (AvgIpc) is 2.71. The lowest BCUT2D eigenvalue weighted by Gasteiger charge is -2.11. The number of rotatable bonds is 14. The lowest BCUT2D eigenvalue weighted by atomic mass is 10.0. The van der Waals surface area contributed by atoms with Crippen LogP contribution in [0.15, 0.2) is 47.4 Å². The summed E-state index contributed by atoms with van der Waals surface area (Å²) in [6.07, 6.45) is 13.5. The summed E-state index contributed by atoms with van der Waals surface area (Å²) in [5, 5.41) is 10.5. The van der Waals surface area contributed by atoms with Gasteiger partial charge in [-0.3, -0.25) is 4.55 Å². The predicted molar refractivity (Wildman–Crippen MR) is 120 cm³/mol. The second-order valence-electron chi connectivity index (χ2n) is 7.74. The Morgan fingerprint density at radius 2 is 1.37 bits per heavy atom. The van der Waals surface area contributed by atoms with Crippen LogP contribution in [0.3, 0.4) is 0 Å². The van der Waals surface area contributed by atoms with Gasteiger partial charge in [-0.15, -0.1) is 0 Å². The minimum atomic E-state index is -4.24. The number of ether oxygens (including phenoxy) is 1. The molecule has 0 bridgehead atoms. The van der Waals surface area contributed by atoms with Crippen molar-refractivity contribution in [3.05, 3.63) is 48.0 Å². The molecule has 2 aromatic rings. The summed E-state index contributed by atoms with van der Waals surface area (Å²) in [6.45, 7) is 2.24. The van der Waals surface area contributed by atoms with Crippen molar-refractivity contribution < 1.29 is 22.8 Å². The Labute approximate surface area is 180 Å². The molecule has 0 spiro atoms. The zero-order valence-corrected chi connectivity index (χ0v) is 18.7. The molecule has 2 rings (SSSR count). The first-order valence-electron chi connectivity index (χ1n) is 11.0. The maximum Gasteiger partial charge on any atom is 0.294 e. The summed E-state index contributed by atoms with van der Waals surface area (Å²) in [6, 6.07) is 10.8. The Morgan fingerprint density at radius 1 is 0.800 bits per heavy atom. The molecular weight excluding hydrogens is 400 g/mol. The molecule has 0 heterocycles. The third kappa shape index (κ3) is 8.36. The molecule has 0 aliphatic heterocycles. The predicted octanol–water partition coefficient (Wildman–Crippen LogP) is 6.89. The Morgan fingerprint density at radius 3 is 1.93 bits per heavy atom. The molecule has 0 fully saturated rings. The van der Waals surface area contributed by atoms with E-state index in [0.29, 0.717) is 11.5 Å². The van der Waals surface area contributed by atoms with Crippen LogP contribution in [0.2, 0.25) is 0 Å². The van der Waals surface area contributed by atoms with Crippen LogP contribution in [-0.2, 0) is 16.5 Å². The highest BCUT2D eigenvalue weighted by atomic mass is 32.2. The molecule has 0 amide bonds. The second kappa shape index (κ2) is 12.6. The number of aryl methyl sites for hydroxylation is 1. The molecule has 0 unspecified atom stereocenters. The first-order valence-corrected chi connectivity index (χ1v) is 12.4. The molecule has 30 heavy (non-hydrogen) atoms. The fourth-order valence-electron chi connectivity index (χ4n) is 3.46. The van der Waals surface area contributed by atoms with E-state index in [2.05, 4.69) is 6.92 Å². The third-order valence-electron chi connectivity index (χ3n) is 5.23. The van der Waals surface area contributed by atoms with Crippen LogP contribution >= 0.6 is 0 Å². The van der Waals surface area contributed by atoms with E-state index in [0.717, 1.165) is 24.8 Å². The summed E-state index contributed by atoms with van der Waals surface area (Å²) in [4.78, 5) is -0.200. The highest BCUT2D eigenvalue weighted by Crippen LogP contribution is 2.34. The summed E-state index contributed by atoms with van der Waals surface area (Å²) in [7, 11) is -4.24. The fraction of sp³-hybridized carbons (Fsp3) is 0.500. The first kappa shape index (κ1) is 24.2. The molecular formula is C24H34O5S. The van der Waals surface area contributed by atoms with E-state index in [1.807, 2.05) is 12.1 Å². The van der Waals surface area contributed by atoms with Gasteiger partial charge in [0, 0.05) is 0 Å². The highest BCUT2D eigenvalue weighted by molar-refractivity contribution is 7.85. The van der Waals surface area contributed by atoms with Crippen molar-refractivity contribution >= 4 is 10.1 Å². The number of phenolic OH excluding ortho intramolecular Hbond substituents is 1. The van der Waals surface area contributed by atoms with Crippen molar-refractivity contribution in [3.8, 4) is 17.2 Å². The molecule has 0 atom stereocenters. The molecule has 5 nitrogen and oxygen atoms in total. The molecule has 0 saturated heterocycles. The van der Waals surface area contributed by atoms with Gasteiger partial charge in [-0.25, -0.2) is 0 Å². The van der Waals surface area contributed by atoms with Gasteiger partial charge in [-0.05, 0) is 48.7 Å². The molecule has 0 radical (unpaired) electrons. The van der Waals surface area contributed by atoms with Crippen molar-refractivity contribution in [2.45, 2.75) is 82.4 Å². The van der Waals surface area contributed by atoms with Gasteiger partial charge in [0.2, 0.25) is 0 Å². The number of para-hydroxylation sites is 1. The van der Waals surface area contributed by atoms with Gasteiger partial charge in [-0.2, -0.15) is 8.42 Å². The molecule has 2 N–H and O–H groups in total. The van der Waals surface area contributed by atoms with Gasteiger partial charge in [-0.1, -0.05) is 76.8 Å². The van der Waals surface area contributed by atoms with Crippen LogP contribution in [0.1, 0.15) is 76.7 Å². The summed E-state index contributed by atoms with van der Waals surface area (Å²) < 4.78 is 37.0. The molecule has 0 aliphatic carbocycles. The molecule has 2 aromatic carbocycles. The SMILES string of the molecule is CCCCCCCCCCCCc1cccc(Oc2ccc(S(=O)(=O)O)cc2)c1O. The second-order valence-corrected chi connectivity index (χ2v) is 9.17. The Kier molecular flexibility index (Phi) is 10.2. The topological polar surface area (TPSA) is 83.8 Å². The zero-order chi connectivity index (χ0) is 21.8. The van der Waals surface area contributed by atoms with E-state index < -0.39 is 10.1 Å². The zero-order valence-electron chi connectivity index (χ0n) is 17.8. The molecule has 0 saturated carbocycles. The molecule has 0 aliphatic rings. The van der Waals surface area contributed by atoms with Crippen molar-refractivity contribution in [2.75, 3.05) is 0 Å². The Balaban J connectivity index is 1.77. The first-order chi connectivity index (χ1) is 14.4. The van der Waals surface area contributed by atoms with Crippen LogP contribution in [-0.4, -0.2) is 18.1 Å². The minimum absolute atomic E-state index is 0.118. The Bertz CT molecular complexity index is 860. The van der Waals surface area contributed by atoms with Gasteiger partial charge in [0.05, 0.1) is 4.90 Å². The van der Waals surface area contributed by atoms with Crippen LogP contribution in [0.5, 0.6) is 17.2 Å².